The van der Waals surface area contributed by atoms with Crippen molar-refractivity contribution in [3.63, 3.8) is 0 Å². The quantitative estimate of drug-likeness (QED) is 0.782. The summed E-state index contributed by atoms with van der Waals surface area (Å²) in [7, 11) is 1.68. The number of aromatic nitrogens is 3. The van der Waals surface area contributed by atoms with E-state index in [-0.39, 0.29) is 22.9 Å². The maximum absolute atomic E-state index is 12.1. The Morgan fingerprint density at radius 2 is 2.40 bits per heavy atom. The van der Waals surface area contributed by atoms with E-state index >= 15 is 0 Å². The van der Waals surface area contributed by atoms with Crippen LogP contribution in [-0.4, -0.2) is 44.4 Å². The van der Waals surface area contributed by atoms with Gasteiger partial charge in [-0.2, -0.15) is 5.26 Å². The molecule has 20 heavy (non-hydrogen) atoms. The SMILES string of the molecule is C[C@H](Sc1n[nH]c(=O)n1C1CC1)C(=O)N(C)CCC#N. The van der Waals surface area contributed by atoms with E-state index in [1.807, 2.05) is 6.07 Å². The van der Waals surface area contributed by atoms with Crippen molar-refractivity contribution in [3.8, 4) is 6.07 Å². The molecule has 1 fully saturated rings. The fourth-order valence-corrected chi connectivity index (χ4v) is 2.92. The first-order chi connectivity index (χ1) is 9.54. The largest absolute Gasteiger partial charge is 0.344 e. The maximum atomic E-state index is 12.1. The topological polar surface area (TPSA) is 94.8 Å². The first kappa shape index (κ1) is 14.7. The van der Waals surface area contributed by atoms with Crippen LogP contribution in [0.15, 0.2) is 9.95 Å². The van der Waals surface area contributed by atoms with Gasteiger partial charge in [-0.05, 0) is 19.8 Å². The van der Waals surface area contributed by atoms with Gasteiger partial charge < -0.3 is 4.90 Å². The number of hydrogen-bond acceptors (Lipinski definition) is 5. The number of aromatic amines is 1. The molecule has 0 spiro atoms. The first-order valence-corrected chi connectivity index (χ1v) is 7.38. The van der Waals surface area contributed by atoms with Crippen LogP contribution in [0.4, 0.5) is 0 Å². The van der Waals surface area contributed by atoms with E-state index in [2.05, 4.69) is 10.2 Å². The van der Waals surface area contributed by atoms with E-state index in [1.54, 1.807) is 18.5 Å². The summed E-state index contributed by atoms with van der Waals surface area (Å²) in [5, 5.41) is 15.2. The maximum Gasteiger partial charge on any atom is 0.344 e. The molecule has 1 heterocycles. The molecule has 108 valence electrons. The molecule has 8 heteroatoms. The number of nitrogens with one attached hydrogen (secondary N) is 1. The van der Waals surface area contributed by atoms with Gasteiger partial charge in [-0.1, -0.05) is 11.8 Å². The average molecular weight is 295 g/mol. The fraction of sp³-hybridized carbons (Fsp3) is 0.667. The van der Waals surface area contributed by atoms with Crippen LogP contribution in [0.3, 0.4) is 0 Å². The zero-order valence-electron chi connectivity index (χ0n) is 11.5. The molecule has 0 saturated heterocycles. The van der Waals surface area contributed by atoms with Crippen molar-refractivity contribution in [2.24, 2.45) is 0 Å². The van der Waals surface area contributed by atoms with Gasteiger partial charge >= 0.3 is 5.69 Å². The summed E-state index contributed by atoms with van der Waals surface area (Å²) in [6, 6.07) is 2.24. The minimum atomic E-state index is -0.341. The highest BCUT2D eigenvalue weighted by atomic mass is 32.2. The van der Waals surface area contributed by atoms with Crippen molar-refractivity contribution >= 4 is 17.7 Å². The van der Waals surface area contributed by atoms with E-state index in [0.29, 0.717) is 18.1 Å². The van der Waals surface area contributed by atoms with Crippen LogP contribution in [0.25, 0.3) is 0 Å². The van der Waals surface area contributed by atoms with Gasteiger partial charge in [-0.15, -0.1) is 5.10 Å². The third-order valence-corrected chi connectivity index (χ3v) is 4.20. The molecule has 1 aromatic rings. The summed E-state index contributed by atoms with van der Waals surface area (Å²) in [6.07, 6.45) is 2.28. The van der Waals surface area contributed by atoms with Gasteiger partial charge in [0, 0.05) is 19.6 Å². The lowest BCUT2D eigenvalue weighted by atomic mass is 10.3. The second kappa shape index (κ2) is 6.13. The zero-order chi connectivity index (χ0) is 14.7. The average Bonchev–Trinajstić information content (AvgIpc) is 3.20. The second-order valence-corrected chi connectivity index (χ2v) is 6.15. The third kappa shape index (κ3) is 3.22. The van der Waals surface area contributed by atoms with E-state index in [4.69, 9.17) is 5.26 Å². The van der Waals surface area contributed by atoms with E-state index in [9.17, 15) is 9.59 Å². The summed E-state index contributed by atoms with van der Waals surface area (Å²) in [5.74, 6) is -0.0666. The number of thioether (sulfide) groups is 1. The van der Waals surface area contributed by atoms with Crippen molar-refractivity contribution in [2.45, 2.75) is 42.6 Å². The molecule has 1 atom stereocenters. The summed E-state index contributed by atoms with van der Waals surface area (Å²) in [5.41, 5.74) is -0.215. The minimum absolute atomic E-state index is 0.0666. The Balaban J connectivity index is 2.01. The zero-order valence-corrected chi connectivity index (χ0v) is 12.3. The van der Waals surface area contributed by atoms with Crippen LogP contribution >= 0.6 is 11.8 Å². The molecule has 1 N–H and O–H groups in total. The molecule has 0 aliphatic heterocycles. The van der Waals surface area contributed by atoms with E-state index < -0.39 is 0 Å². The Bertz CT molecular complexity index is 583. The Hall–Kier alpha value is -1.75. The highest BCUT2D eigenvalue weighted by Gasteiger charge is 2.30. The van der Waals surface area contributed by atoms with E-state index in [1.165, 1.54) is 16.7 Å². The lowest BCUT2D eigenvalue weighted by Gasteiger charge is -2.19. The van der Waals surface area contributed by atoms with Crippen molar-refractivity contribution in [1.82, 2.24) is 19.7 Å². The number of H-pyrrole nitrogens is 1. The number of nitriles is 1. The van der Waals surface area contributed by atoms with Gasteiger partial charge in [0.05, 0.1) is 17.7 Å². The number of nitrogens with zero attached hydrogens (tertiary/aromatic N) is 4. The van der Waals surface area contributed by atoms with E-state index in [0.717, 1.165) is 12.8 Å². The van der Waals surface area contributed by atoms with Crippen LogP contribution < -0.4 is 5.69 Å². The summed E-state index contributed by atoms with van der Waals surface area (Å²) < 4.78 is 1.63. The fourth-order valence-electron chi connectivity index (χ4n) is 1.87. The van der Waals surface area contributed by atoms with Crippen LogP contribution in [0, 0.1) is 11.3 Å². The third-order valence-electron chi connectivity index (χ3n) is 3.15. The number of carbonyl (C=O) groups excluding carboxylic acids is 1. The number of hydrogen-bond donors (Lipinski definition) is 1. The Labute approximate surface area is 121 Å². The molecule has 1 aliphatic carbocycles. The number of amides is 1. The number of carbonyl (C=O) groups is 1. The van der Waals surface area contributed by atoms with Gasteiger partial charge in [0.2, 0.25) is 5.91 Å². The van der Waals surface area contributed by atoms with Gasteiger partial charge in [-0.25, -0.2) is 9.89 Å². The molecule has 1 aromatic heterocycles. The Morgan fingerprint density at radius 1 is 1.70 bits per heavy atom. The van der Waals surface area contributed by atoms with Crippen molar-refractivity contribution < 1.29 is 4.79 Å². The van der Waals surface area contributed by atoms with Gasteiger partial charge in [0.1, 0.15) is 0 Å². The minimum Gasteiger partial charge on any atom is -0.344 e. The molecule has 2 rings (SSSR count). The normalized spacial score (nSPS) is 15.7. The summed E-state index contributed by atoms with van der Waals surface area (Å²) in [4.78, 5) is 25.3. The second-order valence-electron chi connectivity index (χ2n) is 4.84. The molecule has 1 aliphatic rings. The smallest absolute Gasteiger partial charge is 0.344 e. The number of rotatable bonds is 6. The molecule has 0 unspecified atom stereocenters. The lowest BCUT2D eigenvalue weighted by molar-refractivity contribution is -0.128. The molecule has 0 bridgehead atoms. The van der Waals surface area contributed by atoms with Gasteiger partial charge in [0.15, 0.2) is 5.16 Å². The molecular formula is C12H17N5O2S. The van der Waals surface area contributed by atoms with Crippen molar-refractivity contribution in [3.05, 3.63) is 10.5 Å². The van der Waals surface area contributed by atoms with Gasteiger partial charge in [0.25, 0.3) is 0 Å². The standard InChI is InChI=1S/C12H17N5O2S/c1-8(10(18)16(2)7-3-6-13)20-12-15-14-11(19)17(12)9-4-5-9/h8-9H,3-5,7H2,1-2H3,(H,14,19)/t8-/m0/s1. The molecule has 0 aromatic carbocycles. The monoisotopic (exact) mass is 295 g/mol. The Morgan fingerprint density at radius 3 is 3.00 bits per heavy atom. The first-order valence-electron chi connectivity index (χ1n) is 6.50. The molecular weight excluding hydrogens is 278 g/mol. The van der Waals surface area contributed by atoms with Crippen LogP contribution in [0.5, 0.6) is 0 Å². The predicted molar refractivity (Wildman–Crippen MR) is 74.3 cm³/mol. The molecule has 7 nitrogen and oxygen atoms in total. The molecule has 0 radical (unpaired) electrons. The highest BCUT2D eigenvalue weighted by Crippen LogP contribution is 2.36. The Kier molecular flexibility index (Phi) is 4.49. The van der Waals surface area contributed by atoms with Crippen LogP contribution in [0.1, 0.15) is 32.2 Å². The molecule has 1 amide bonds. The summed E-state index contributed by atoms with van der Waals surface area (Å²) in [6.45, 7) is 2.20. The van der Waals surface area contributed by atoms with Crippen molar-refractivity contribution in [2.75, 3.05) is 13.6 Å². The molecule has 1 saturated carbocycles. The van der Waals surface area contributed by atoms with Crippen LogP contribution in [-0.2, 0) is 4.79 Å². The van der Waals surface area contributed by atoms with Crippen molar-refractivity contribution in [1.29, 1.82) is 5.26 Å². The predicted octanol–water partition coefficient (Wildman–Crippen LogP) is 0.759. The van der Waals surface area contributed by atoms with Crippen LogP contribution in [0.2, 0.25) is 0 Å². The highest BCUT2D eigenvalue weighted by molar-refractivity contribution is 8.00. The van der Waals surface area contributed by atoms with Gasteiger partial charge in [-0.3, -0.25) is 9.36 Å². The lowest BCUT2D eigenvalue weighted by Crippen LogP contribution is -2.34. The summed E-state index contributed by atoms with van der Waals surface area (Å²) >= 11 is 1.28.